The number of methoxy groups -OCH3 is 2. The number of azo groups is 1. The van der Waals surface area contributed by atoms with Crippen LogP contribution in [0.1, 0.15) is 26.7 Å². The van der Waals surface area contributed by atoms with E-state index in [0.717, 1.165) is 12.8 Å². The van der Waals surface area contributed by atoms with Gasteiger partial charge in [-0.05, 0) is 12.8 Å². The van der Waals surface area contributed by atoms with Crippen molar-refractivity contribution >= 4 is 11.9 Å². The molecule has 5 aliphatic rings. The van der Waals surface area contributed by atoms with E-state index in [-0.39, 0.29) is 34.6 Å². The van der Waals surface area contributed by atoms with Gasteiger partial charge >= 0.3 is 11.9 Å². The third-order valence-electron chi connectivity index (χ3n) is 6.58. The van der Waals surface area contributed by atoms with Crippen molar-refractivity contribution in [3.63, 3.8) is 0 Å². The third kappa shape index (κ3) is 0.826. The van der Waals surface area contributed by atoms with Crippen LogP contribution in [0.3, 0.4) is 0 Å². The Labute approximate surface area is 116 Å². The van der Waals surface area contributed by atoms with Crippen LogP contribution in [0.2, 0.25) is 0 Å². The molecule has 0 aromatic rings. The smallest absolute Gasteiger partial charge is 0.336 e. The number of hydrogen-bond acceptors (Lipinski definition) is 6. The number of carbonyl (C=O) groups excluding carboxylic acids is 2. The highest BCUT2D eigenvalue weighted by Crippen LogP contribution is 2.87. The van der Waals surface area contributed by atoms with E-state index in [2.05, 4.69) is 10.2 Å². The van der Waals surface area contributed by atoms with Gasteiger partial charge in [0, 0.05) is 22.7 Å². The second-order valence-electron chi connectivity index (χ2n) is 7.06. The minimum Gasteiger partial charge on any atom is -0.467 e. The molecule has 0 N–H and O–H groups in total. The predicted molar refractivity (Wildman–Crippen MR) is 66.8 cm³/mol. The van der Waals surface area contributed by atoms with Crippen LogP contribution in [0.25, 0.3) is 0 Å². The van der Waals surface area contributed by atoms with Crippen LogP contribution in [-0.4, -0.2) is 37.2 Å². The number of rotatable bonds is 2. The molecule has 108 valence electrons. The summed E-state index contributed by atoms with van der Waals surface area (Å²) >= 11 is 0. The summed E-state index contributed by atoms with van der Waals surface area (Å²) < 4.78 is 10.0. The molecule has 6 atom stereocenters. The average molecular weight is 278 g/mol. The fourth-order valence-corrected chi connectivity index (χ4v) is 5.26. The van der Waals surface area contributed by atoms with E-state index in [1.165, 1.54) is 14.2 Å². The lowest BCUT2D eigenvalue weighted by atomic mass is 9.60. The van der Waals surface area contributed by atoms with Crippen molar-refractivity contribution in [3.8, 4) is 0 Å². The highest BCUT2D eigenvalue weighted by molar-refractivity contribution is 5.92. The van der Waals surface area contributed by atoms with Crippen molar-refractivity contribution in [1.29, 1.82) is 0 Å². The van der Waals surface area contributed by atoms with Crippen molar-refractivity contribution < 1.29 is 19.1 Å². The van der Waals surface area contributed by atoms with Crippen molar-refractivity contribution in [1.82, 2.24) is 0 Å². The maximum atomic E-state index is 12.4. The van der Waals surface area contributed by atoms with Gasteiger partial charge < -0.3 is 9.47 Å². The molecule has 6 heteroatoms. The molecule has 5 rings (SSSR count). The lowest BCUT2D eigenvalue weighted by molar-refractivity contribution is -0.166. The van der Waals surface area contributed by atoms with Gasteiger partial charge in [-0.2, -0.15) is 10.2 Å². The molecule has 20 heavy (non-hydrogen) atoms. The van der Waals surface area contributed by atoms with E-state index < -0.39 is 11.1 Å². The van der Waals surface area contributed by atoms with Crippen LogP contribution in [0, 0.1) is 22.7 Å². The van der Waals surface area contributed by atoms with E-state index in [9.17, 15) is 9.59 Å². The monoisotopic (exact) mass is 278 g/mol. The van der Waals surface area contributed by atoms with Gasteiger partial charge in [0.15, 0.2) is 11.1 Å². The fourth-order valence-electron chi connectivity index (χ4n) is 5.26. The van der Waals surface area contributed by atoms with Gasteiger partial charge in [0.2, 0.25) is 0 Å². The highest BCUT2D eigenvalue weighted by atomic mass is 16.5. The summed E-state index contributed by atoms with van der Waals surface area (Å²) in [6, 6.07) is 0. The lowest BCUT2D eigenvalue weighted by Crippen LogP contribution is -2.64. The Morgan fingerprint density at radius 3 is 1.55 bits per heavy atom. The van der Waals surface area contributed by atoms with Gasteiger partial charge in [-0.3, -0.25) is 0 Å². The van der Waals surface area contributed by atoms with E-state index in [0.29, 0.717) is 0 Å². The molecule has 3 saturated carbocycles. The fraction of sp³-hybridized carbons (Fsp3) is 0.857. The maximum Gasteiger partial charge on any atom is 0.336 e. The molecule has 0 amide bonds. The number of carbonyl (C=O) groups is 2. The van der Waals surface area contributed by atoms with Gasteiger partial charge in [0.1, 0.15) is 0 Å². The Hall–Kier alpha value is -1.46. The van der Waals surface area contributed by atoms with Crippen molar-refractivity contribution in [2.75, 3.05) is 14.2 Å². The maximum absolute atomic E-state index is 12.4. The Kier molecular flexibility index (Phi) is 1.79. The highest BCUT2D eigenvalue weighted by Gasteiger charge is 2.94. The average Bonchev–Trinajstić information content (AvgIpc) is 3.31. The number of nitrogens with zero attached hydrogens (tertiary/aromatic N) is 2. The molecule has 3 fully saturated rings. The van der Waals surface area contributed by atoms with Gasteiger partial charge in [-0.1, -0.05) is 13.8 Å². The normalized spacial score (nSPS) is 56.6. The molecule has 0 radical (unpaired) electrons. The van der Waals surface area contributed by atoms with Gasteiger partial charge in [-0.25, -0.2) is 9.59 Å². The Bertz CT molecular complexity index is 540. The first-order chi connectivity index (χ1) is 9.35. The molecular weight excluding hydrogens is 260 g/mol. The zero-order valence-corrected chi connectivity index (χ0v) is 12.1. The summed E-state index contributed by atoms with van der Waals surface area (Å²) in [5, 5.41) is 8.71. The number of hydrogen-bond donors (Lipinski definition) is 0. The molecule has 3 aliphatic carbocycles. The Balaban J connectivity index is 1.95. The predicted octanol–water partition coefficient (Wildman–Crippen LogP) is 1.34. The van der Waals surface area contributed by atoms with Crippen LogP contribution in [0.5, 0.6) is 0 Å². The molecule has 0 spiro atoms. The Morgan fingerprint density at radius 2 is 1.25 bits per heavy atom. The second-order valence-corrected chi connectivity index (χ2v) is 7.06. The first-order valence-corrected chi connectivity index (χ1v) is 6.96. The standard InChI is InChI=1S/C14H18N2O4/c1-11-5-7(11)14(10(18)20-4)12(2)6-8(12)13(11,15-16-14)9(17)19-3/h7-8H,5-6H2,1-4H3/t7-,8-,11+,12+,13+,14+/m0/s1. The molecule has 0 unspecified atom stereocenters. The number of ether oxygens (including phenoxy) is 2. The third-order valence-corrected chi connectivity index (χ3v) is 6.58. The van der Waals surface area contributed by atoms with Crippen molar-refractivity contribution in [2.24, 2.45) is 32.9 Å². The molecule has 0 aromatic carbocycles. The summed E-state index contributed by atoms with van der Waals surface area (Å²) in [5.74, 6) is -0.554. The molecule has 2 aliphatic heterocycles. The lowest BCUT2D eigenvalue weighted by Gasteiger charge is -2.49. The minimum atomic E-state index is -0.892. The zero-order valence-electron chi connectivity index (χ0n) is 12.1. The van der Waals surface area contributed by atoms with Gasteiger partial charge in [0.25, 0.3) is 0 Å². The van der Waals surface area contributed by atoms with Crippen LogP contribution >= 0.6 is 0 Å². The van der Waals surface area contributed by atoms with Crippen molar-refractivity contribution in [2.45, 2.75) is 37.8 Å². The largest absolute Gasteiger partial charge is 0.467 e. The summed E-state index contributed by atoms with van der Waals surface area (Å²) in [6.45, 7) is 4.06. The van der Waals surface area contributed by atoms with E-state index in [4.69, 9.17) is 9.47 Å². The van der Waals surface area contributed by atoms with Crippen molar-refractivity contribution in [3.05, 3.63) is 0 Å². The quantitative estimate of drug-likeness (QED) is 0.714. The summed E-state index contributed by atoms with van der Waals surface area (Å²) in [5.41, 5.74) is -2.43. The first kappa shape index (κ1) is 12.3. The molecule has 6 nitrogen and oxygen atoms in total. The SMILES string of the molecule is COC(=O)[C@@]12N=N[C@@](C(=O)OC)([C@H]3C[C@]31C)[C@]1(C)C[C@@H]12. The molecule has 0 saturated heterocycles. The molecule has 2 bridgehead atoms. The first-order valence-electron chi connectivity index (χ1n) is 6.96. The van der Waals surface area contributed by atoms with Crippen LogP contribution < -0.4 is 0 Å². The van der Waals surface area contributed by atoms with Crippen LogP contribution in [0.4, 0.5) is 0 Å². The second kappa shape index (κ2) is 2.92. The van der Waals surface area contributed by atoms with Crippen LogP contribution in [0.15, 0.2) is 10.2 Å². The molecule has 0 aromatic heterocycles. The Morgan fingerprint density at radius 1 is 0.900 bits per heavy atom. The van der Waals surface area contributed by atoms with Gasteiger partial charge in [-0.15, -0.1) is 0 Å². The minimum absolute atomic E-state index is 0.0304. The van der Waals surface area contributed by atoms with Crippen LogP contribution in [-0.2, 0) is 19.1 Å². The summed E-state index contributed by atoms with van der Waals surface area (Å²) in [4.78, 5) is 24.8. The van der Waals surface area contributed by atoms with E-state index in [1.807, 2.05) is 13.8 Å². The molecule has 2 heterocycles. The molecular formula is C14H18N2O4. The number of esters is 2. The van der Waals surface area contributed by atoms with E-state index >= 15 is 0 Å². The van der Waals surface area contributed by atoms with Gasteiger partial charge in [0.05, 0.1) is 14.2 Å². The zero-order chi connectivity index (χ0) is 14.6. The summed E-state index contributed by atoms with van der Waals surface area (Å²) in [6.07, 6.45) is 1.55. The topological polar surface area (TPSA) is 77.3 Å². The summed E-state index contributed by atoms with van der Waals surface area (Å²) in [7, 11) is 2.79. The van der Waals surface area contributed by atoms with E-state index in [1.54, 1.807) is 0 Å².